The third-order valence-electron chi connectivity index (χ3n) is 2.95. The Morgan fingerprint density at radius 1 is 1.38 bits per heavy atom. The second-order valence-corrected chi connectivity index (χ2v) is 4.42. The number of amides is 2. The van der Waals surface area contributed by atoms with Crippen molar-refractivity contribution in [3.05, 3.63) is 0 Å². The highest BCUT2D eigenvalue weighted by molar-refractivity contribution is 5.85. The van der Waals surface area contributed by atoms with Gasteiger partial charge in [-0.1, -0.05) is 6.92 Å². The van der Waals surface area contributed by atoms with Crippen LogP contribution in [-0.2, 0) is 0 Å². The van der Waals surface area contributed by atoms with Crippen LogP contribution in [0.5, 0.6) is 0 Å². The molecule has 0 saturated carbocycles. The average Bonchev–Trinajstić information content (AvgIpc) is 2.26. The Kier molecular flexibility index (Phi) is 7.51. The molecule has 4 nitrogen and oxygen atoms in total. The fraction of sp³-hybridized carbons (Fsp3) is 0.909. The van der Waals surface area contributed by atoms with Crippen LogP contribution < -0.4 is 5.32 Å². The molecule has 1 saturated heterocycles. The van der Waals surface area contributed by atoms with Crippen LogP contribution in [0.4, 0.5) is 4.79 Å². The van der Waals surface area contributed by atoms with Gasteiger partial charge in [0.1, 0.15) is 0 Å². The number of urea groups is 1. The molecule has 1 rings (SSSR count). The standard InChI is InChI=1S/C11H23N3O.ClH/c1-4-12-9-10-5-7-14(8-6-10)11(15)13(2)3;/h10,12H,4-9H2,1-3H3;1H. The third kappa shape index (κ3) is 4.58. The van der Waals surface area contributed by atoms with Crippen molar-refractivity contribution in [1.29, 1.82) is 0 Å². The molecule has 0 aromatic heterocycles. The number of halogens is 1. The zero-order chi connectivity index (χ0) is 11.3. The molecule has 2 amide bonds. The Morgan fingerprint density at radius 2 is 1.94 bits per heavy atom. The maximum Gasteiger partial charge on any atom is 0.319 e. The molecule has 1 N–H and O–H groups in total. The maximum atomic E-state index is 11.7. The zero-order valence-corrected chi connectivity index (χ0v) is 11.3. The minimum atomic E-state index is 0. The molecule has 0 radical (unpaired) electrons. The SMILES string of the molecule is CCNCC1CCN(C(=O)N(C)C)CC1.Cl. The molecule has 1 heterocycles. The first-order valence-corrected chi connectivity index (χ1v) is 5.82. The zero-order valence-electron chi connectivity index (χ0n) is 10.5. The van der Waals surface area contributed by atoms with Crippen molar-refractivity contribution >= 4 is 18.4 Å². The van der Waals surface area contributed by atoms with E-state index in [-0.39, 0.29) is 18.4 Å². The molecular weight excluding hydrogens is 226 g/mol. The Hall–Kier alpha value is -0.480. The van der Waals surface area contributed by atoms with Gasteiger partial charge in [-0.3, -0.25) is 0 Å². The summed E-state index contributed by atoms with van der Waals surface area (Å²) in [6.07, 6.45) is 2.26. The van der Waals surface area contributed by atoms with E-state index >= 15 is 0 Å². The molecule has 1 aliphatic rings. The number of rotatable bonds is 3. The number of hydrogen-bond donors (Lipinski definition) is 1. The number of nitrogens with one attached hydrogen (secondary N) is 1. The Balaban J connectivity index is 0.00000225. The van der Waals surface area contributed by atoms with E-state index in [0.717, 1.165) is 44.9 Å². The molecule has 0 aliphatic carbocycles. The normalized spacial score (nSPS) is 16.8. The average molecular weight is 250 g/mol. The fourth-order valence-electron chi connectivity index (χ4n) is 1.96. The number of likely N-dealkylation sites (tertiary alicyclic amines) is 1. The summed E-state index contributed by atoms with van der Waals surface area (Å²) in [5, 5.41) is 3.37. The van der Waals surface area contributed by atoms with Crippen LogP contribution in [-0.4, -0.2) is 56.1 Å². The first kappa shape index (κ1) is 15.5. The number of hydrogen-bond acceptors (Lipinski definition) is 2. The molecule has 16 heavy (non-hydrogen) atoms. The molecule has 0 aromatic rings. The van der Waals surface area contributed by atoms with E-state index in [2.05, 4.69) is 12.2 Å². The van der Waals surface area contributed by atoms with Crippen LogP contribution in [0.1, 0.15) is 19.8 Å². The molecule has 0 unspecified atom stereocenters. The van der Waals surface area contributed by atoms with Gasteiger partial charge < -0.3 is 15.1 Å². The summed E-state index contributed by atoms with van der Waals surface area (Å²) in [5.41, 5.74) is 0. The Labute approximate surface area is 105 Å². The monoisotopic (exact) mass is 249 g/mol. The van der Waals surface area contributed by atoms with Crippen LogP contribution in [0, 0.1) is 5.92 Å². The van der Waals surface area contributed by atoms with Crippen LogP contribution >= 0.6 is 12.4 Å². The van der Waals surface area contributed by atoms with Gasteiger partial charge in [-0.2, -0.15) is 0 Å². The van der Waals surface area contributed by atoms with Crippen molar-refractivity contribution in [2.75, 3.05) is 40.3 Å². The van der Waals surface area contributed by atoms with Gasteiger partial charge in [-0.05, 0) is 31.8 Å². The minimum Gasteiger partial charge on any atom is -0.331 e. The predicted molar refractivity (Wildman–Crippen MR) is 69.2 cm³/mol. The molecular formula is C11H24ClN3O. The number of carbonyl (C=O) groups excluding carboxylic acids is 1. The van der Waals surface area contributed by atoms with Gasteiger partial charge in [0.15, 0.2) is 0 Å². The lowest BCUT2D eigenvalue weighted by atomic mass is 9.97. The van der Waals surface area contributed by atoms with Crippen molar-refractivity contribution < 1.29 is 4.79 Å². The Morgan fingerprint density at radius 3 is 2.38 bits per heavy atom. The highest BCUT2D eigenvalue weighted by Gasteiger charge is 2.23. The summed E-state index contributed by atoms with van der Waals surface area (Å²) >= 11 is 0. The summed E-state index contributed by atoms with van der Waals surface area (Å²) in [7, 11) is 3.63. The summed E-state index contributed by atoms with van der Waals surface area (Å²) < 4.78 is 0. The summed E-state index contributed by atoms with van der Waals surface area (Å²) in [6, 6.07) is 0.150. The first-order chi connectivity index (χ1) is 7.15. The lowest BCUT2D eigenvalue weighted by Crippen LogP contribution is -2.45. The molecule has 0 aromatic carbocycles. The molecule has 0 spiro atoms. The van der Waals surface area contributed by atoms with Gasteiger partial charge in [0, 0.05) is 27.2 Å². The topological polar surface area (TPSA) is 35.6 Å². The quantitative estimate of drug-likeness (QED) is 0.821. The van der Waals surface area contributed by atoms with Crippen molar-refractivity contribution in [2.45, 2.75) is 19.8 Å². The molecule has 0 atom stereocenters. The van der Waals surface area contributed by atoms with Gasteiger partial charge in [0.05, 0.1) is 0 Å². The Bertz CT molecular complexity index is 203. The summed E-state index contributed by atoms with van der Waals surface area (Å²) in [5.74, 6) is 0.746. The van der Waals surface area contributed by atoms with Gasteiger partial charge in [-0.25, -0.2) is 4.79 Å². The molecule has 1 aliphatic heterocycles. The van der Waals surface area contributed by atoms with Gasteiger partial charge in [-0.15, -0.1) is 12.4 Å². The second kappa shape index (κ2) is 7.74. The van der Waals surface area contributed by atoms with Crippen LogP contribution in [0.25, 0.3) is 0 Å². The van der Waals surface area contributed by atoms with Crippen LogP contribution in [0.15, 0.2) is 0 Å². The van der Waals surface area contributed by atoms with Gasteiger partial charge in [0.25, 0.3) is 0 Å². The molecule has 1 fully saturated rings. The lowest BCUT2D eigenvalue weighted by molar-refractivity contribution is 0.147. The third-order valence-corrected chi connectivity index (χ3v) is 2.95. The van der Waals surface area contributed by atoms with E-state index < -0.39 is 0 Å². The van der Waals surface area contributed by atoms with Gasteiger partial charge >= 0.3 is 6.03 Å². The molecule has 96 valence electrons. The van der Waals surface area contributed by atoms with Crippen molar-refractivity contribution in [2.24, 2.45) is 5.92 Å². The van der Waals surface area contributed by atoms with Crippen molar-refractivity contribution in [1.82, 2.24) is 15.1 Å². The number of piperidine rings is 1. The lowest BCUT2D eigenvalue weighted by Gasteiger charge is -2.33. The molecule has 0 bridgehead atoms. The van der Waals surface area contributed by atoms with Crippen molar-refractivity contribution in [3.63, 3.8) is 0 Å². The summed E-state index contributed by atoms with van der Waals surface area (Å²) in [6.45, 7) is 6.09. The van der Waals surface area contributed by atoms with E-state index in [1.807, 2.05) is 19.0 Å². The predicted octanol–water partition coefficient (Wildman–Crippen LogP) is 1.41. The van der Waals surface area contributed by atoms with Gasteiger partial charge in [0.2, 0.25) is 0 Å². The highest BCUT2D eigenvalue weighted by Crippen LogP contribution is 2.16. The largest absolute Gasteiger partial charge is 0.331 e. The van der Waals surface area contributed by atoms with E-state index in [9.17, 15) is 4.79 Å². The van der Waals surface area contributed by atoms with E-state index in [4.69, 9.17) is 0 Å². The van der Waals surface area contributed by atoms with Crippen LogP contribution in [0.2, 0.25) is 0 Å². The second-order valence-electron chi connectivity index (χ2n) is 4.42. The minimum absolute atomic E-state index is 0. The van der Waals surface area contributed by atoms with Crippen molar-refractivity contribution in [3.8, 4) is 0 Å². The van der Waals surface area contributed by atoms with E-state index in [0.29, 0.717) is 0 Å². The number of carbonyl (C=O) groups is 1. The number of nitrogens with zero attached hydrogens (tertiary/aromatic N) is 2. The smallest absolute Gasteiger partial charge is 0.319 e. The first-order valence-electron chi connectivity index (χ1n) is 5.82. The highest BCUT2D eigenvalue weighted by atomic mass is 35.5. The van der Waals surface area contributed by atoms with E-state index in [1.165, 1.54) is 0 Å². The fourth-order valence-corrected chi connectivity index (χ4v) is 1.96. The van der Waals surface area contributed by atoms with Crippen LogP contribution in [0.3, 0.4) is 0 Å². The maximum absolute atomic E-state index is 11.7. The molecule has 5 heteroatoms. The van der Waals surface area contributed by atoms with E-state index in [1.54, 1.807) is 4.90 Å². The summed E-state index contributed by atoms with van der Waals surface area (Å²) in [4.78, 5) is 15.3.